The molecule has 0 bridgehead atoms. The number of hydrogen-bond donors (Lipinski definition) is 2. The second kappa shape index (κ2) is 9.44. The molecule has 0 aromatic heterocycles. The van der Waals surface area contributed by atoms with Crippen LogP contribution in [-0.4, -0.2) is 33.1 Å². The Balaban J connectivity index is 1.84. The van der Waals surface area contributed by atoms with E-state index in [0.29, 0.717) is 35.4 Å². The summed E-state index contributed by atoms with van der Waals surface area (Å²) < 4.78 is 5.73. The van der Waals surface area contributed by atoms with Gasteiger partial charge in [0.05, 0.1) is 20.6 Å². The monoisotopic (exact) mass is 361 g/mol. The topological polar surface area (TPSA) is 42.8 Å². The molecule has 134 valence electrons. The zero-order valence-electron chi connectivity index (χ0n) is 15.0. The molecule has 2 aromatic carbocycles. The molecular formula is C20H26ClN2O2+. The lowest BCUT2D eigenvalue weighted by Gasteiger charge is -2.15. The Hall–Kier alpha value is -2.04. The highest BCUT2D eigenvalue weighted by Crippen LogP contribution is 2.19. The first-order chi connectivity index (χ1) is 12.0. The summed E-state index contributed by atoms with van der Waals surface area (Å²) in [4.78, 5) is 13.6. The molecule has 0 unspecified atom stereocenters. The molecule has 0 aliphatic carbocycles. The van der Waals surface area contributed by atoms with Gasteiger partial charge in [-0.15, -0.1) is 0 Å². The van der Waals surface area contributed by atoms with Crippen LogP contribution in [-0.2, 0) is 6.61 Å². The quantitative estimate of drug-likeness (QED) is 0.758. The van der Waals surface area contributed by atoms with Crippen molar-refractivity contribution in [1.82, 2.24) is 5.32 Å². The molecule has 1 amide bonds. The summed E-state index contributed by atoms with van der Waals surface area (Å²) in [6, 6.07) is 14.8. The number of benzene rings is 2. The van der Waals surface area contributed by atoms with Gasteiger partial charge in [-0.05, 0) is 30.3 Å². The van der Waals surface area contributed by atoms with Gasteiger partial charge in [0.1, 0.15) is 12.4 Å². The standard InChI is InChI=1S/C20H25ClN2O2/c1-15(13-23(2)3)12-22-20(24)16-8-10-18(11-9-16)25-14-17-6-4-5-7-19(17)21/h4-11,15H,12-14H2,1-3H3,(H,22,24)/p+1/t15-/m1/s1. The molecule has 25 heavy (non-hydrogen) atoms. The van der Waals surface area contributed by atoms with Crippen molar-refractivity contribution >= 4 is 17.5 Å². The summed E-state index contributed by atoms with van der Waals surface area (Å²) in [7, 11) is 4.22. The molecular weight excluding hydrogens is 336 g/mol. The van der Waals surface area contributed by atoms with Crippen LogP contribution < -0.4 is 15.0 Å². The van der Waals surface area contributed by atoms with Crippen LogP contribution in [0.1, 0.15) is 22.8 Å². The van der Waals surface area contributed by atoms with Gasteiger partial charge in [-0.1, -0.05) is 36.7 Å². The summed E-state index contributed by atoms with van der Waals surface area (Å²) in [5, 5.41) is 3.67. The van der Waals surface area contributed by atoms with E-state index in [9.17, 15) is 4.79 Å². The third kappa shape index (κ3) is 6.40. The minimum Gasteiger partial charge on any atom is -0.489 e. The predicted octanol–water partition coefficient (Wildman–Crippen LogP) is 2.43. The van der Waals surface area contributed by atoms with Crippen molar-refractivity contribution in [1.29, 1.82) is 0 Å². The highest BCUT2D eigenvalue weighted by Gasteiger charge is 2.10. The van der Waals surface area contributed by atoms with Crippen LogP contribution in [0, 0.1) is 5.92 Å². The number of ether oxygens (including phenoxy) is 1. The van der Waals surface area contributed by atoms with E-state index in [4.69, 9.17) is 16.3 Å². The molecule has 0 aliphatic heterocycles. The molecule has 2 aromatic rings. The number of quaternary nitrogens is 1. The third-order valence-electron chi connectivity index (χ3n) is 3.84. The Labute approximate surface area is 154 Å². The van der Waals surface area contributed by atoms with Gasteiger partial charge in [-0.3, -0.25) is 4.79 Å². The molecule has 5 heteroatoms. The van der Waals surface area contributed by atoms with Crippen molar-refractivity contribution in [3.05, 3.63) is 64.7 Å². The number of rotatable bonds is 8. The maximum absolute atomic E-state index is 12.2. The fraction of sp³-hybridized carbons (Fsp3) is 0.350. The van der Waals surface area contributed by atoms with E-state index in [2.05, 4.69) is 26.3 Å². The molecule has 0 saturated carbocycles. The lowest BCUT2D eigenvalue weighted by atomic mass is 10.1. The minimum absolute atomic E-state index is 0.0572. The summed E-state index contributed by atoms with van der Waals surface area (Å²) >= 11 is 6.11. The second-order valence-corrected chi connectivity index (χ2v) is 7.04. The van der Waals surface area contributed by atoms with Gasteiger partial charge in [0.25, 0.3) is 5.91 Å². The fourth-order valence-corrected chi connectivity index (χ4v) is 2.81. The van der Waals surface area contributed by atoms with Crippen LogP contribution in [0.15, 0.2) is 48.5 Å². The van der Waals surface area contributed by atoms with E-state index in [1.165, 1.54) is 4.90 Å². The zero-order chi connectivity index (χ0) is 18.2. The van der Waals surface area contributed by atoms with Gasteiger partial charge in [-0.25, -0.2) is 0 Å². The largest absolute Gasteiger partial charge is 0.489 e. The van der Waals surface area contributed by atoms with Crippen molar-refractivity contribution in [2.45, 2.75) is 13.5 Å². The molecule has 0 fully saturated rings. The number of carbonyl (C=O) groups excluding carboxylic acids is 1. The number of nitrogens with one attached hydrogen (secondary N) is 2. The maximum Gasteiger partial charge on any atom is 0.251 e. The van der Waals surface area contributed by atoms with Gasteiger partial charge < -0.3 is 15.0 Å². The van der Waals surface area contributed by atoms with Crippen LogP contribution in [0.25, 0.3) is 0 Å². The number of carbonyl (C=O) groups is 1. The van der Waals surface area contributed by atoms with Crippen LogP contribution in [0.2, 0.25) is 5.02 Å². The Kier molecular flexibility index (Phi) is 7.29. The highest BCUT2D eigenvalue weighted by molar-refractivity contribution is 6.31. The Morgan fingerprint density at radius 3 is 2.48 bits per heavy atom. The van der Waals surface area contributed by atoms with Crippen molar-refractivity contribution in [2.75, 3.05) is 27.2 Å². The number of hydrogen-bond acceptors (Lipinski definition) is 2. The number of halogens is 1. The molecule has 1 atom stereocenters. The Morgan fingerprint density at radius 1 is 1.16 bits per heavy atom. The van der Waals surface area contributed by atoms with Gasteiger partial charge in [0.15, 0.2) is 0 Å². The van der Waals surface area contributed by atoms with Crippen LogP contribution in [0.4, 0.5) is 0 Å². The van der Waals surface area contributed by atoms with Gasteiger partial charge in [-0.2, -0.15) is 0 Å². The molecule has 0 spiro atoms. The lowest BCUT2D eigenvalue weighted by molar-refractivity contribution is -0.861. The molecule has 4 nitrogen and oxygen atoms in total. The maximum atomic E-state index is 12.2. The normalized spacial score (nSPS) is 12.0. The van der Waals surface area contributed by atoms with Gasteiger partial charge >= 0.3 is 0 Å². The van der Waals surface area contributed by atoms with Crippen molar-refractivity contribution in [3.63, 3.8) is 0 Å². The summed E-state index contributed by atoms with van der Waals surface area (Å²) in [6.45, 7) is 4.23. The fourth-order valence-electron chi connectivity index (χ4n) is 2.62. The smallest absolute Gasteiger partial charge is 0.251 e. The van der Waals surface area contributed by atoms with E-state index in [0.717, 1.165) is 12.1 Å². The molecule has 0 heterocycles. The van der Waals surface area contributed by atoms with Crippen LogP contribution in [0.5, 0.6) is 5.75 Å². The summed E-state index contributed by atoms with van der Waals surface area (Å²) in [5.41, 5.74) is 1.57. The second-order valence-electron chi connectivity index (χ2n) is 6.63. The third-order valence-corrected chi connectivity index (χ3v) is 4.21. The minimum atomic E-state index is -0.0572. The molecule has 2 N–H and O–H groups in total. The van der Waals surface area contributed by atoms with E-state index < -0.39 is 0 Å². The molecule has 0 radical (unpaired) electrons. The SMILES string of the molecule is C[C@H](CNC(=O)c1ccc(OCc2ccccc2Cl)cc1)C[NH+](C)C. The Morgan fingerprint density at radius 2 is 1.84 bits per heavy atom. The van der Waals surface area contributed by atoms with Crippen molar-refractivity contribution in [2.24, 2.45) is 5.92 Å². The predicted molar refractivity (Wildman–Crippen MR) is 101 cm³/mol. The van der Waals surface area contributed by atoms with E-state index >= 15 is 0 Å². The van der Waals surface area contributed by atoms with E-state index in [1.807, 2.05) is 24.3 Å². The zero-order valence-corrected chi connectivity index (χ0v) is 15.8. The van der Waals surface area contributed by atoms with E-state index in [1.54, 1.807) is 24.3 Å². The van der Waals surface area contributed by atoms with Crippen LogP contribution >= 0.6 is 11.6 Å². The average molecular weight is 362 g/mol. The van der Waals surface area contributed by atoms with E-state index in [-0.39, 0.29) is 5.91 Å². The first-order valence-corrected chi connectivity index (χ1v) is 8.87. The molecule has 0 saturated heterocycles. The lowest BCUT2D eigenvalue weighted by Crippen LogP contribution is -3.06. The van der Waals surface area contributed by atoms with Crippen LogP contribution in [0.3, 0.4) is 0 Å². The van der Waals surface area contributed by atoms with Gasteiger partial charge in [0.2, 0.25) is 0 Å². The summed E-state index contributed by atoms with van der Waals surface area (Å²) in [5.74, 6) is 1.09. The van der Waals surface area contributed by atoms with Crippen molar-refractivity contribution < 1.29 is 14.4 Å². The molecule has 2 rings (SSSR count). The average Bonchev–Trinajstić information content (AvgIpc) is 2.59. The first-order valence-electron chi connectivity index (χ1n) is 8.49. The van der Waals surface area contributed by atoms with Crippen molar-refractivity contribution in [3.8, 4) is 5.75 Å². The van der Waals surface area contributed by atoms with Gasteiger partial charge in [0, 0.05) is 28.6 Å². The first kappa shape index (κ1) is 19.3. The highest BCUT2D eigenvalue weighted by atomic mass is 35.5. The Bertz CT molecular complexity index is 686. The molecule has 0 aliphatic rings. The number of amides is 1. The summed E-state index contributed by atoms with van der Waals surface area (Å²) in [6.07, 6.45) is 0.